The molecule has 4 heteroatoms. The molecule has 8 aromatic carbocycles. The molecule has 0 aliphatic rings. The van der Waals surface area contributed by atoms with Gasteiger partial charge in [-0.25, -0.2) is 4.98 Å². The first-order valence-electron chi connectivity index (χ1n) is 17.8. The van der Waals surface area contributed by atoms with E-state index in [4.69, 9.17) is 13.8 Å². The molecule has 0 unspecified atom stereocenters. The summed E-state index contributed by atoms with van der Waals surface area (Å²) in [6.07, 6.45) is 0. The van der Waals surface area contributed by atoms with Gasteiger partial charge >= 0.3 is 0 Å². The SMILES string of the molecule is c1ccc(-c2ccc(-c3cccc(N(c4ccccc4)c4ccc(-c5cccc6c5oc5ccc7oc(-c8ccccc8)nc7c56)cc4)c3)cc2)cc1. The molecule has 0 amide bonds. The molecule has 0 spiro atoms. The molecule has 0 N–H and O–H groups in total. The van der Waals surface area contributed by atoms with E-state index < -0.39 is 0 Å². The Hall–Kier alpha value is -7.17. The van der Waals surface area contributed by atoms with Gasteiger partial charge in [0.15, 0.2) is 5.58 Å². The number of hydrogen-bond acceptors (Lipinski definition) is 4. The number of furan rings is 1. The number of hydrogen-bond donors (Lipinski definition) is 0. The predicted octanol–water partition coefficient (Wildman–Crippen LogP) is 13.9. The lowest BCUT2D eigenvalue weighted by atomic mass is 9.99. The maximum Gasteiger partial charge on any atom is 0.227 e. The largest absolute Gasteiger partial charge is 0.455 e. The van der Waals surface area contributed by atoms with Gasteiger partial charge in [0.1, 0.15) is 16.7 Å². The summed E-state index contributed by atoms with van der Waals surface area (Å²) in [5.41, 5.74) is 14.2. The van der Waals surface area contributed by atoms with Crippen LogP contribution in [0.25, 0.3) is 77.9 Å². The maximum atomic E-state index is 6.57. The quantitative estimate of drug-likeness (QED) is 0.168. The molecule has 2 aromatic heterocycles. The molecule has 0 fully saturated rings. The zero-order valence-electron chi connectivity index (χ0n) is 28.7. The number of oxazole rings is 1. The van der Waals surface area contributed by atoms with E-state index in [0.29, 0.717) is 5.89 Å². The van der Waals surface area contributed by atoms with Crippen LogP contribution in [-0.2, 0) is 0 Å². The van der Waals surface area contributed by atoms with Crippen LogP contribution >= 0.6 is 0 Å². The van der Waals surface area contributed by atoms with E-state index in [0.717, 1.165) is 72.4 Å². The smallest absolute Gasteiger partial charge is 0.227 e. The monoisotopic (exact) mass is 680 g/mol. The fraction of sp³-hybridized carbons (Fsp3) is 0. The van der Waals surface area contributed by atoms with Crippen LogP contribution in [0.3, 0.4) is 0 Å². The zero-order chi connectivity index (χ0) is 35.1. The van der Waals surface area contributed by atoms with E-state index in [1.165, 1.54) is 16.7 Å². The number of nitrogens with zero attached hydrogens (tertiary/aromatic N) is 2. The van der Waals surface area contributed by atoms with Crippen LogP contribution in [-0.4, -0.2) is 4.98 Å². The second kappa shape index (κ2) is 12.9. The molecular weight excluding hydrogens is 649 g/mol. The van der Waals surface area contributed by atoms with Gasteiger partial charge < -0.3 is 13.7 Å². The summed E-state index contributed by atoms with van der Waals surface area (Å²) in [5, 5.41) is 1.98. The molecule has 10 rings (SSSR count). The van der Waals surface area contributed by atoms with Gasteiger partial charge in [-0.3, -0.25) is 0 Å². The van der Waals surface area contributed by atoms with Crippen molar-refractivity contribution in [3.63, 3.8) is 0 Å². The van der Waals surface area contributed by atoms with Crippen molar-refractivity contribution in [2.45, 2.75) is 0 Å². The Morgan fingerprint density at radius 2 is 0.925 bits per heavy atom. The minimum atomic E-state index is 0.601. The van der Waals surface area contributed by atoms with Gasteiger partial charge in [0, 0.05) is 33.6 Å². The molecule has 0 saturated carbocycles. The standard InChI is InChI=1S/C49H32N2O2/c1-4-12-33(13-5-1)34-22-24-35(25-23-34)38-16-10-19-41(32-38)51(39-17-8-3-9-18-39)40-28-26-36(27-29-40)42-20-11-21-43-46-44(52-48(42)43)30-31-45-47(46)50-49(53-45)37-14-6-2-7-15-37/h1-32H. The number of fused-ring (bicyclic) bond motifs is 5. The molecule has 0 atom stereocenters. The van der Waals surface area contributed by atoms with Gasteiger partial charge in [0.25, 0.3) is 0 Å². The first kappa shape index (κ1) is 30.6. The molecule has 10 aromatic rings. The zero-order valence-corrected chi connectivity index (χ0v) is 28.7. The van der Waals surface area contributed by atoms with Gasteiger partial charge in [-0.1, -0.05) is 133 Å². The number of aromatic nitrogens is 1. The van der Waals surface area contributed by atoms with Crippen molar-refractivity contribution in [1.29, 1.82) is 0 Å². The predicted molar refractivity (Wildman–Crippen MR) is 218 cm³/mol. The Bertz CT molecular complexity index is 2860. The highest BCUT2D eigenvalue weighted by Gasteiger charge is 2.19. The Morgan fingerprint density at radius 3 is 1.66 bits per heavy atom. The molecule has 2 heterocycles. The third kappa shape index (κ3) is 5.54. The average molecular weight is 681 g/mol. The summed E-state index contributed by atoms with van der Waals surface area (Å²) in [7, 11) is 0. The van der Waals surface area contributed by atoms with Crippen molar-refractivity contribution in [3.8, 4) is 44.8 Å². The van der Waals surface area contributed by atoms with E-state index in [1.54, 1.807) is 0 Å². The number of benzene rings is 8. The van der Waals surface area contributed by atoms with Crippen LogP contribution in [0.2, 0.25) is 0 Å². The Labute approximate surface area is 306 Å². The lowest BCUT2D eigenvalue weighted by Gasteiger charge is -2.26. The molecule has 250 valence electrons. The molecule has 0 bridgehead atoms. The van der Waals surface area contributed by atoms with Gasteiger partial charge in [0.05, 0.1) is 5.39 Å². The topological polar surface area (TPSA) is 42.4 Å². The Balaban J connectivity index is 1.02. The lowest BCUT2D eigenvalue weighted by Crippen LogP contribution is -2.09. The normalized spacial score (nSPS) is 11.4. The molecular formula is C49H32N2O2. The second-order valence-electron chi connectivity index (χ2n) is 13.2. The molecule has 4 nitrogen and oxygen atoms in total. The van der Waals surface area contributed by atoms with E-state index in [9.17, 15) is 0 Å². The van der Waals surface area contributed by atoms with E-state index in [2.05, 4.69) is 150 Å². The fourth-order valence-electron chi connectivity index (χ4n) is 7.33. The molecule has 0 aliphatic carbocycles. The molecule has 53 heavy (non-hydrogen) atoms. The highest BCUT2D eigenvalue weighted by molar-refractivity contribution is 6.19. The fourth-order valence-corrected chi connectivity index (χ4v) is 7.33. The van der Waals surface area contributed by atoms with Crippen LogP contribution in [0.5, 0.6) is 0 Å². The van der Waals surface area contributed by atoms with Crippen molar-refractivity contribution in [3.05, 3.63) is 194 Å². The van der Waals surface area contributed by atoms with Crippen LogP contribution in [0.1, 0.15) is 0 Å². The Kier molecular flexibility index (Phi) is 7.43. The van der Waals surface area contributed by atoms with Crippen molar-refractivity contribution in [2.75, 3.05) is 4.90 Å². The summed E-state index contributed by atoms with van der Waals surface area (Å²) >= 11 is 0. The van der Waals surface area contributed by atoms with Crippen molar-refractivity contribution in [1.82, 2.24) is 4.98 Å². The number of rotatable bonds is 7. The Morgan fingerprint density at radius 1 is 0.377 bits per heavy atom. The van der Waals surface area contributed by atoms with Crippen LogP contribution < -0.4 is 4.90 Å². The van der Waals surface area contributed by atoms with E-state index in [1.807, 2.05) is 48.5 Å². The number of para-hydroxylation sites is 2. The first-order valence-corrected chi connectivity index (χ1v) is 17.8. The lowest BCUT2D eigenvalue weighted by molar-refractivity contribution is 0.619. The van der Waals surface area contributed by atoms with Gasteiger partial charge in [-0.2, -0.15) is 0 Å². The summed E-state index contributed by atoms with van der Waals surface area (Å²) in [5.74, 6) is 0.601. The summed E-state index contributed by atoms with van der Waals surface area (Å²) in [6.45, 7) is 0. The first-order chi connectivity index (χ1) is 26.3. The third-order valence-corrected chi connectivity index (χ3v) is 9.92. The second-order valence-corrected chi connectivity index (χ2v) is 13.2. The highest BCUT2D eigenvalue weighted by Crippen LogP contribution is 2.42. The van der Waals surface area contributed by atoms with Crippen molar-refractivity contribution in [2.24, 2.45) is 0 Å². The van der Waals surface area contributed by atoms with Gasteiger partial charge in [-0.15, -0.1) is 0 Å². The summed E-state index contributed by atoms with van der Waals surface area (Å²) in [6, 6.07) is 67.6. The van der Waals surface area contributed by atoms with Crippen molar-refractivity contribution >= 4 is 50.1 Å². The van der Waals surface area contributed by atoms with Crippen molar-refractivity contribution < 1.29 is 8.83 Å². The average Bonchev–Trinajstić information content (AvgIpc) is 3.85. The van der Waals surface area contributed by atoms with E-state index in [-0.39, 0.29) is 0 Å². The molecule has 0 saturated heterocycles. The minimum absolute atomic E-state index is 0.601. The maximum absolute atomic E-state index is 6.57. The summed E-state index contributed by atoms with van der Waals surface area (Å²) in [4.78, 5) is 7.24. The summed E-state index contributed by atoms with van der Waals surface area (Å²) < 4.78 is 12.8. The van der Waals surface area contributed by atoms with Gasteiger partial charge in [0.2, 0.25) is 5.89 Å². The number of anilines is 3. The highest BCUT2D eigenvalue weighted by atomic mass is 16.4. The molecule has 0 aliphatic heterocycles. The van der Waals surface area contributed by atoms with Crippen LogP contribution in [0.4, 0.5) is 17.1 Å². The van der Waals surface area contributed by atoms with E-state index >= 15 is 0 Å². The molecule has 0 radical (unpaired) electrons. The van der Waals surface area contributed by atoms with Crippen LogP contribution in [0.15, 0.2) is 203 Å². The van der Waals surface area contributed by atoms with Gasteiger partial charge in [-0.05, 0) is 88.5 Å². The third-order valence-electron chi connectivity index (χ3n) is 9.92. The van der Waals surface area contributed by atoms with Crippen LogP contribution in [0, 0.1) is 0 Å². The minimum Gasteiger partial charge on any atom is -0.455 e.